The van der Waals surface area contributed by atoms with E-state index in [2.05, 4.69) is 9.98 Å². The van der Waals surface area contributed by atoms with Gasteiger partial charge in [-0.2, -0.15) is 0 Å². The van der Waals surface area contributed by atoms with Gasteiger partial charge in [0.2, 0.25) is 0 Å². The van der Waals surface area contributed by atoms with E-state index in [0.717, 1.165) is 27.6 Å². The van der Waals surface area contributed by atoms with Crippen LogP contribution in [0.4, 0.5) is 5.69 Å². The molecule has 0 aliphatic rings. The Balaban J connectivity index is 1.94. The first kappa shape index (κ1) is 14.3. The summed E-state index contributed by atoms with van der Waals surface area (Å²) in [5, 5.41) is 1.98. The second-order valence-electron chi connectivity index (χ2n) is 4.61. The molecule has 0 bridgehead atoms. The van der Waals surface area contributed by atoms with Crippen molar-refractivity contribution in [2.45, 2.75) is 0 Å². The van der Waals surface area contributed by atoms with Crippen molar-refractivity contribution in [2.75, 3.05) is 7.11 Å². The molecule has 0 saturated heterocycles. The van der Waals surface area contributed by atoms with Crippen LogP contribution in [-0.2, 0) is 0 Å². The van der Waals surface area contributed by atoms with Crippen molar-refractivity contribution in [2.24, 2.45) is 10.7 Å². The van der Waals surface area contributed by atoms with E-state index >= 15 is 0 Å². The molecule has 0 fully saturated rings. The fourth-order valence-electron chi connectivity index (χ4n) is 2.05. The first-order chi connectivity index (χ1) is 10.8. The Labute approximate surface area is 132 Å². The van der Waals surface area contributed by atoms with Crippen LogP contribution in [0.3, 0.4) is 0 Å². The van der Waals surface area contributed by atoms with Gasteiger partial charge in [0.15, 0.2) is 0 Å². The fourth-order valence-corrected chi connectivity index (χ4v) is 2.68. The minimum atomic E-state index is 0.519. The van der Waals surface area contributed by atoms with Gasteiger partial charge < -0.3 is 10.5 Å². The molecule has 5 heteroatoms. The molecular formula is C17H15N3OS. The zero-order valence-corrected chi connectivity index (χ0v) is 12.9. The highest BCUT2D eigenvalue weighted by Gasteiger charge is 2.04. The molecule has 110 valence electrons. The monoisotopic (exact) mass is 309 g/mol. The Morgan fingerprint density at radius 2 is 2.09 bits per heavy atom. The SMILES string of the molecule is COc1ccnc(-c2cccc(N=C(N)c3cccs3)c2)c1. The van der Waals surface area contributed by atoms with Crippen LogP contribution in [0.15, 0.2) is 65.1 Å². The lowest BCUT2D eigenvalue weighted by Gasteiger charge is -2.05. The molecule has 0 spiro atoms. The van der Waals surface area contributed by atoms with Gasteiger partial charge in [0.25, 0.3) is 0 Å². The van der Waals surface area contributed by atoms with E-state index in [4.69, 9.17) is 10.5 Å². The number of amidine groups is 1. The molecule has 2 heterocycles. The molecule has 0 aliphatic heterocycles. The van der Waals surface area contributed by atoms with Crippen LogP contribution in [0.2, 0.25) is 0 Å². The third-order valence-electron chi connectivity index (χ3n) is 3.13. The van der Waals surface area contributed by atoms with Gasteiger partial charge in [0.1, 0.15) is 11.6 Å². The third kappa shape index (κ3) is 3.15. The summed E-state index contributed by atoms with van der Waals surface area (Å²) in [4.78, 5) is 9.81. The van der Waals surface area contributed by atoms with Crippen molar-refractivity contribution in [1.82, 2.24) is 4.98 Å². The number of benzene rings is 1. The zero-order valence-electron chi connectivity index (χ0n) is 12.1. The van der Waals surface area contributed by atoms with Crippen molar-refractivity contribution >= 4 is 22.9 Å². The molecule has 3 rings (SSSR count). The standard InChI is InChI=1S/C17H15N3OS/c1-21-14-7-8-19-15(11-14)12-4-2-5-13(10-12)20-17(18)16-6-3-9-22-16/h2-11H,1H3,(H2,18,20). The topological polar surface area (TPSA) is 60.5 Å². The zero-order chi connectivity index (χ0) is 15.4. The Bertz CT molecular complexity index is 797. The highest BCUT2D eigenvalue weighted by atomic mass is 32.1. The minimum Gasteiger partial charge on any atom is -0.497 e. The van der Waals surface area contributed by atoms with Crippen LogP contribution < -0.4 is 10.5 Å². The Kier molecular flexibility index (Phi) is 4.16. The highest BCUT2D eigenvalue weighted by molar-refractivity contribution is 7.12. The Morgan fingerprint density at radius 3 is 2.86 bits per heavy atom. The molecule has 0 atom stereocenters. The number of hydrogen-bond donors (Lipinski definition) is 1. The number of nitrogens with zero attached hydrogens (tertiary/aromatic N) is 2. The summed E-state index contributed by atoms with van der Waals surface area (Å²) >= 11 is 1.57. The summed E-state index contributed by atoms with van der Waals surface area (Å²) in [6, 6.07) is 15.4. The number of aliphatic imine (C=N–C) groups is 1. The summed E-state index contributed by atoms with van der Waals surface area (Å²) in [6.45, 7) is 0. The molecule has 4 nitrogen and oxygen atoms in total. The predicted molar refractivity (Wildman–Crippen MR) is 90.9 cm³/mol. The van der Waals surface area contributed by atoms with Crippen LogP contribution in [0.25, 0.3) is 11.3 Å². The third-order valence-corrected chi connectivity index (χ3v) is 4.02. The van der Waals surface area contributed by atoms with Gasteiger partial charge in [-0.05, 0) is 29.6 Å². The summed E-state index contributed by atoms with van der Waals surface area (Å²) in [6.07, 6.45) is 1.73. The van der Waals surface area contributed by atoms with Gasteiger partial charge in [-0.25, -0.2) is 4.99 Å². The molecule has 22 heavy (non-hydrogen) atoms. The quantitative estimate of drug-likeness (QED) is 0.588. The van der Waals surface area contributed by atoms with Crippen molar-refractivity contribution in [3.8, 4) is 17.0 Å². The maximum Gasteiger partial charge on any atom is 0.141 e. The lowest BCUT2D eigenvalue weighted by atomic mass is 10.1. The van der Waals surface area contributed by atoms with E-state index in [1.54, 1.807) is 24.6 Å². The average Bonchev–Trinajstić information content (AvgIpc) is 3.10. The summed E-state index contributed by atoms with van der Waals surface area (Å²) < 4.78 is 5.23. The average molecular weight is 309 g/mol. The van der Waals surface area contributed by atoms with Crippen molar-refractivity contribution < 1.29 is 4.74 Å². The fraction of sp³-hybridized carbons (Fsp3) is 0.0588. The van der Waals surface area contributed by atoms with Gasteiger partial charge in [-0.3, -0.25) is 4.98 Å². The van der Waals surface area contributed by atoms with Crippen LogP contribution in [0, 0.1) is 0 Å². The van der Waals surface area contributed by atoms with E-state index in [-0.39, 0.29) is 0 Å². The first-order valence-corrected chi connectivity index (χ1v) is 7.63. The number of pyridine rings is 1. The number of rotatable bonds is 4. The molecule has 2 aromatic heterocycles. The van der Waals surface area contributed by atoms with E-state index in [1.165, 1.54) is 0 Å². The van der Waals surface area contributed by atoms with E-state index in [0.29, 0.717) is 5.84 Å². The van der Waals surface area contributed by atoms with Gasteiger partial charge in [-0.1, -0.05) is 18.2 Å². The van der Waals surface area contributed by atoms with Gasteiger partial charge in [0, 0.05) is 17.8 Å². The number of nitrogens with two attached hydrogens (primary N) is 1. The van der Waals surface area contributed by atoms with Crippen molar-refractivity contribution in [1.29, 1.82) is 0 Å². The smallest absolute Gasteiger partial charge is 0.141 e. The number of hydrogen-bond acceptors (Lipinski definition) is 4. The molecule has 0 aliphatic carbocycles. The number of thiophene rings is 1. The van der Waals surface area contributed by atoms with Crippen LogP contribution in [-0.4, -0.2) is 17.9 Å². The van der Waals surface area contributed by atoms with Gasteiger partial charge >= 0.3 is 0 Å². The molecule has 0 amide bonds. The molecule has 0 unspecified atom stereocenters. The Hall–Kier alpha value is -2.66. The molecule has 2 N–H and O–H groups in total. The largest absolute Gasteiger partial charge is 0.497 e. The molecule has 0 saturated carbocycles. The summed E-state index contributed by atoms with van der Waals surface area (Å²) in [7, 11) is 1.64. The lowest BCUT2D eigenvalue weighted by molar-refractivity contribution is 0.414. The minimum absolute atomic E-state index is 0.519. The molecule has 1 aromatic carbocycles. The summed E-state index contributed by atoms with van der Waals surface area (Å²) in [5.74, 6) is 1.29. The first-order valence-electron chi connectivity index (χ1n) is 6.75. The highest BCUT2D eigenvalue weighted by Crippen LogP contribution is 2.25. The second kappa shape index (κ2) is 6.41. The van der Waals surface area contributed by atoms with E-state index < -0.39 is 0 Å². The maximum absolute atomic E-state index is 6.03. The lowest BCUT2D eigenvalue weighted by Crippen LogP contribution is -2.10. The number of ether oxygens (including phenoxy) is 1. The Morgan fingerprint density at radius 1 is 1.18 bits per heavy atom. The van der Waals surface area contributed by atoms with Crippen LogP contribution in [0.5, 0.6) is 5.75 Å². The van der Waals surface area contributed by atoms with Gasteiger partial charge in [0.05, 0.1) is 23.4 Å². The number of methoxy groups -OCH3 is 1. The van der Waals surface area contributed by atoms with Gasteiger partial charge in [-0.15, -0.1) is 11.3 Å². The molecule has 0 radical (unpaired) electrons. The van der Waals surface area contributed by atoms with E-state index in [9.17, 15) is 0 Å². The van der Waals surface area contributed by atoms with Crippen molar-refractivity contribution in [3.63, 3.8) is 0 Å². The molecule has 3 aromatic rings. The second-order valence-corrected chi connectivity index (χ2v) is 5.55. The number of aromatic nitrogens is 1. The van der Waals surface area contributed by atoms with E-state index in [1.807, 2.05) is 53.9 Å². The van der Waals surface area contributed by atoms with Crippen molar-refractivity contribution in [3.05, 3.63) is 65.0 Å². The summed E-state index contributed by atoms with van der Waals surface area (Å²) in [5.41, 5.74) is 8.64. The van der Waals surface area contributed by atoms with Crippen LogP contribution in [0.1, 0.15) is 4.88 Å². The normalized spacial score (nSPS) is 11.4. The maximum atomic E-state index is 6.03. The van der Waals surface area contributed by atoms with Crippen LogP contribution >= 0.6 is 11.3 Å². The predicted octanol–water partition coefficient (Wildman–Crippen LogP) is 3.86. The molecular weight excluding hydrogens is 294 g/mol.